The topological polar surface area (TPSA) is 66.6 Å². The van der Waals surface area contributed by atoms with Crippen molar-refractivity contribution in [1.29, 1.82) is 0 Å². The molecule has 2 aromatic rings. The van der Waals surface area contributed by atoms with Crippen LogP contribution in [0.2, 0.25) is 0 Å². The molecule has 0 saturated heterocycles. The maximum atomic E-state index is 14.0. The normalized spacial score (nSPS) is 11.3. The summed E-state index contributed by atoms with van der Waals surface area (Å²) in [6, 6.07) is 13.5. The Hall–Kier alpha value is -2.66. The van der Waals surface area contributed by atoms with E-state index in [2.05, 4.69) is 0 Å². The van der Waals surface area contributed by atoms with Gasteiger partial charge in [-0.2, -0.15) is 0 Å². The smallest absolute Gasteiger partial charge is 0.338 e. The molecular weight excluding hydrogens is 283 g/mol. The Morgan fingerprint density at radius 1 is 1.23 bits per heavy atom. The molecule has 0 aliphatic rings. The minimum Gasteiger partial charge on any atom is -0.350 e. The van der Waals surface area contributed by atoms with E-state index in [0.29, 0.717) is 16.2 Å². The molecule has 0 unspecified atom stereocenters. The van der Waals surface area contributed by atoms with Crippen molar-refractivity contribution >= 4 is 11.6 Å². The molecule has 0 bridgehead atoms. The summed E-state index contributed by atoms with van der Waals surface area (Å²) in [5.74, 6) is -0.364. The largest absolute Gasteiger partial charge is 0.350 e. The minimum atomic E-state index is -0.956. The summed E-state index contributed by atoms with van der Waals surface area (Å²) in [7, 11) is 0. The van der Waals surface area contributed by atoms with Crippen molar-refractivity contribution in [1.82, 2.24) is 5.06 Å². The fourth-order valence-electron chi connectivity index (χ4n) is 2.06. The van der Waals surface area contributed by atoms with Gasteiger partial charge in [0.1, 0.15) is 5.82 Å². The monoisotopic (exact) mass is 300 g/mol. The fraction of sp³-hybridized carbons (Fsp3) is 0.118. The van der Waals surface area contributed by atoms with Gasteiger partial charge in [0.05, 0.1) is 6.54 Å². The van der Waals surface area contributed by atoms with Gasteiger partial charge in [-0.1, -0.05) is 42.5 Å². The van der Waals surface area contributed by atoms with Gasteiger partial charge in [0, 0.05) is 5.56 Å². The molecule has 114 valence electrons. The number of primary amides is 1. The summed E-state index contributed by atoms with van der Waals surface area (Å²) >= 11 is 0. The summed E-state index contributed by atoms with van der Waals surface area (Å²) in [5.41, 5.74) is 7.82. The number of carbonyl (C=O) groups is 1. The molecule has 0 heterocycles. The number of carbonyl (C=O) groups excluding carboxylic acids is 1. The molecule has 0 saturated carbocycles. The number of hydrogen-bond acceptors (Lipinski definition) is 2. The Morgan fingerprint density at radius 3 is 2.55 bits per heavy atom. The van der Waals surface area contributed by atoms with Crippen molar-refractivity contribution in [2.24, 2.45) is 5.73 Å². The second kappa shape index (κ2) is 6.87. The first-order valence-electron chi connectivity index (χ1n) is 6.77. The van der Waals surface area contributed by atoms with Gasteiger partial charge in [-0.3, -0.25) is 5.21 Å². The molecule has 2 amide bonds. The molecule has 0 fully saturated rings. The summed E-state index contributed by atoms with van der Waals surface area (Å²) in [4.78, 5) is 10.7. The van der Waals surface area contributed by atoms with Crippen molar-refractivity contribution in [3.05, 3.63) is 66.0 Å². The maximum Gasteiger partial charge on any atom is 0.338 e. The average Bonchev–Trinajstić information content (AvgIpc) is 2.53. The highest BCUT2D eigenvalue weighted by Gasteiger charge is 2.08. The van der Waals surface area contributed by atoms with E-state index in [1.54, 1.807) is 19.1 Å². The third-order valence-electron chi connectivity index (χ3n) is 3.32. The van der Waals surface area contributed by atoms with Crippen LogP contribution in [0.25, 0.3) is 16.7 Å². The molecule has 0 spiro atoms. The molecule has 0 radical (unpaired) electrons. The quantitative estimate of drug-likeness (QED) is 0.668. The maximum absolute atomic E-state index is 14.0. The van der Waals surface area contributed by atoms with Crippen LogP contribution < -0.4 is 5.73 Å². The molecular formula is C17H17FN2O2. The minimum absolute atomic E-state index is 0.101. The zero-order valence-electron chi connectivity index (χ0n) is 12.2. The first-order valence-corrected chi connectivity index (χ1v) is 6.77. The standard InChI is InChI=1S/C17H17FN2O2/c1-12(9-10-20(22)17(19)21)15-11-14(7-8-16(15)18)13-5-3-2-4-6-13/h2-9,11,22H,10H2,1H3,(H2,19,21)/b12-9-. The molecule has 0 atom stereocenters. The predicted molar refractivity (Wildman–Crippen MR) is 83.6 cm³/mol. The predicted octanol–water partition coefficient (Wildman–Crippen LogP) is 3.67. The second-order valence-electron chi connectivity index (χ2n) is 4.87. The Morgan fingerprint density at radius 2 is 1.91 bits per heavy atom. The van der Waals surface area contributed by atoms with E-state index in [9.17, 15) is 14.4 Å². The highest BCUT2D eigenvalue weighted by atomic mass is 19.1. The van der Waals surface area contributed by atoms with Crippen LogP contribution in [-0.4, -0.2) is 22.8 Å². The Kier molecular flexibility index (Phi) is 4.91. The van der Waals surface area contributed by atoms with Gasteiger partial charge in [-0.15, -0.1) is 0 Å². The van der Waals surface area contributed by atoms with E-state index >= 15 is 0 Å². The number of hydroxylamine groups is 2. The van der Waals surface area contributed by atoms with E-state index < -0.39 is 6.03 Å². The SMILES string of the molecule is C/C(=C/CN(O)C(N)=O)c1cc(-c2ccccc2)ccc1F. The summed E-state index contributed by atoms with van der Waals surface area (Å²) in [6.07, 6.45) is 1.54. The Balaban J connectivity index is 2.31. The molecule has 0 aromatic heterocycles. The zero-order chi connectivity index (χ0) is 16.1. The first kappa shape index (κ1) is 15.7. The zero-order valence-corrected chi connectivity index (χ0v) is 12.2. The van der Waals surface area contributed by atoms with Crippen molar-refractivity contribution in [3.63, 3.8) is 0 Å². The van der Waals surface area contributed by atoms with Gasteiger partial charge in [-0.05, 0) is 35.8 Å². The molecule has 4 nitrogen and oxygen atoms in total. The lowest BCUT2D eigenvalue weighted by atomic mass is 9.99. The van der Waals surface area contributed by atoms with Gasteiger partial charge < -0.3 is 5.73 Å². The average molecular weight is 300 g/mol. The van der Waals surface area contributed by atoms with Gasteiger partial charge >= 0.3 is 6.03 Å². The van der Waals surface area contributed by atoms with Crippen LogP contribution in [0.4, 0.5) is 9.18 Å². The molecule has 0 aliphatic carbocycles. The Bertz CT molecular complexity index is 699. The number of benzene rings is 2. The van der Waals surface area contributed by atoms with Crippen molar-refractivity contribution in [2.75, 3.05) is 6.54 Å². The van der Waals surface area contributed by atoms with Crippen LogP contribution in [0.15, 0.2) is 54.6 Å². The molecule has 2 rings (SSSR count). The number of urea groups is 1. The molecule has 22 heavy (non-hydrogen) atoms. The van der Waals surface area contributed by atoms with Crippen molar-refractivity contribution in [3.8, 4) is 11.1 Å². The summed E-state index contributed by atoms with van der Waals surface area (Å²) < 4.78 is 14.0. The highest BCUT2D eigenvalue weighted by Crippen LogP contribution is 2.25. The third kappa shape index (κ3) is 3.71. The van der Waals surface area contributed by atoms with E-state index in [1.165, 1.54) is 12.1 Å². The van der Waals surface area contributed by atoms with Gasteiger partial charge in [0.25, 0.3) is 0 Å². The second-order valence-corrected chi connectivity index (χ2v) is 4.87. The summed E-state index contributed by atoms with van der Waals surface area (Å²) in [5, 5.41) is 9.61. The number of allylic oxidation sites excluding steroid dienone is 1. The summed E-state index contributed by atoms with van der Waals surface area (Å²) in [6.45, 7) is 1.61. The lowest BCUT2D eigenvalue weighted by molar-refractivity contribution is -0.0287. The fourth-order valence-corrected chi connectivity index (χ4v) is 2.06. The van der Waals surface area contributed by atoms with E-state index in [-0.39, 0.29) is 12.4 Å². The van der Waals surface area contributed by atoms with Gasteiger partial charge in [0.15, 0.2) is 0 Å². The van der Waals surface area contributed by atoms with Crippen molar-refractivity contribution in [2.45, 2.75) is 6.92 Å². The molecule has 0 aliphatic heterocycles. The van der Waals surface area contributed by atoms with Crippen LogP contribution in [0.1, 0.15) is 12.5 Å². The number of halogens is 1. The number of nitrogens with two attached hydrogens (primary N) is 1. The number of nitrogens with zero attached hydrogens (tertiary/aromatic N) is 1. The lowest BCUT2D eigenvalue weighted by Gasteiger charge is -2.11. The third-order valence-corrected chi connectivity index (χ3v) is 3.32. The molecule has 2 aromatic carbocycles. The van der Waals surface area contributed by atoms with Crippen molar-refractivity contribution < 1.29 is 14.4 Å². The number of hydrogen-bond donors (Lipinski definition) is 2. The van der Waals surface area contributed by atoms with Crippen LogP contribution in [-0.2, 0) is 0 Å². The molecule has 5 heteroatoms. The van der Waals surface area contributed by atoms with E-state index in [0.717, 1.165) is 11.1 Å². The lowest BCUT2D eigenvalue weighted by Crippen LogP contribution is -2.32. The van der Waals surface area contributed by atoms with E-state index in [1.807, 2.05) is 30.3 Å². The number of rotatable bonds is 4. The highest BCUT2D eigenvalue weighted by molar-refractivity contribution is 5.73. The molecule has 3 N–H and O–H groups in total. The number of amides is 2. The van der Waals surface area contributed by atoms with Gasteiger partial charge in [0.2, 0.25) is 0 Å². The first-order chi connectivity index (χ1) is 10.5. The van der Waals surface area contributed by atoms with Crippen LogP contribution in [0.3, 0.4) is 0 Å². The van der Waals surface area contributed by atoms with Crippen LogP contribution in [0.5, 0.6) is 0 Å². The Labute approximate surface area is 128 Å². The van der Waals surface area contributed by atoms with E-state index in [4.69, 9.17) is 5.73 Å². The van der Waals surface area contributed by atoms with Crippen LogP contribution in [0, 0.1) is 5.82 Å². The van der Waals surface area contributed by atoms with Crippen LogP contribution >= 0.6 is 0 Å². The van der Waals surface area contributed by atoms with Gasteiger partial charge in [-0.25, -0.2) is 14.2 Å².